The van der Waals surface area contributed by atoms with Crippen LogP contribution in [0.1, 0.15) is 48.6 Å². The summed E-state index contributed by atoms with van der Waals surface area (Å²) >= 11 is 1.84. The molecule has 0 N–H and O–H groups in total. The first-order valence-electron chi connectivity index (χ1n) is 20.3. The van der Waals surface area contributed by atoms with Crippen molar-refractivity contribution < 1.29 is 49.2 Å². The molecule has 8 heterocycles. The fourth-order valence-corrected chi connectivity index (χ4v) is 8.54. The first kappa shape index (κ1) is 46.4. The average molecular weight is 1220 g/mol. The summed E-state index contributed by atoms with van der Waals surface area (Å²) in [4.78, 5) is 30.8. The largest absolute Gasteiger partial charge is 0.460 e. The molecule has 13 heteroatoms. The van der Waals surface area contributed by atoms with Crippen molar-refractivity contribution in [2.24, 2.45) is 0 Å². The van der Waals surface area contributed by atoms with Crippen LogP contribution in [-0.4, -0.2) is 29.5 Å². The molecule has 1 aliphatic heterocycles. The third-order valence-corrected chi connectivity index (χ3v) is 11.6. The second-order valence-electron chi connectivity index (χ2n) is 16.3. The van der Waals surface area contributed by atoms with Crippen molar-refractivity contribution in [1.82, 2.24) is 29.5 Å². The number of fused-ring (bicyclic) bond motifs is 6. The van der Waals surface area contributed by atoms with Gasteiger partial charge in [-0.3, -0.25) is 9.41 Å². The van der Waals surface area contributed by atoms with Gasteiger partial charge in [0.15, 0.2) is 24.0 Å². The third kappa shape index (κ3) is 9.77. The Bertz CT molecular complexity index is 3430. The van der Waals surface area contributed by atoms with E-state index in [0.717, 1.165) is 74.2 Å². The summed E-state index contributed by atoms with van der Waals surface area (Å²) in [6.07, 6.45) is 10.6. The van der Waals surface area contributed by atoms with E-state index in [9.17, 15) is 0 Å². The summed E-state index contributed by atoms with van der Waals surface area (Å²) in [6.45, 7) is 27.4. The minimum Gasteiger partial charge on any atom is -0.460 e. The van der Waals surface area contributed by atoms with Crippen LogP contribution in [-0.2, 0) is 52.2 Å². The molecule has 3 aromatic carbocycles. The van der Waals surface area contributed by atoms with Crippen molar-refractivity contribution in [2.75, 3.05) is 0 Å². The normalized spacial score (nSPS) is 11.2. The van der Waals surface area contributed by atoms with Crippen LogP contribution >= 0.6 is 11.3 Å². The van der Waals surface area contributed by atoms with Crippen LogP contribution in [0.15, 0.2) is 126 Å². The summed E-state index contributed by atoms with van der Waals surface area (Å²) in [6, 6.07) is 34.9. The molecule has 0 fully saturated rings. The van der Waals surface area contributed by atoms with E-state index in [0.29, 0.717) is 11.4 Å². The number of aryl methyl sites for hydroxylation is 3. The van der Waals surface area contributed by atoms with Crippen molar-refractivity contribution in [3.05, 3.63) is 185 Å². The van der Waals surface area contributed by atoms with Gasteiger partial charge in [-0.1, -0.05) is 75.0 Å². The second kappa shape index (κ2) is 19.3. The van der Waals surface area contributed by atoms with Crippen LogP contribution in [0.2, 0.25) is 0 Å². The first-order valence-corrected chi connectivity index (χ1v) is 21.1. The van der Waals surface area contributed by atoms with Crippen LogP contribution < -0.4 is 4.57 Å². The van der Waals surface area contributed by atoms with Gasteiger partial charge in [-0.2, -0.15) is 10.6 Å². The summed E-state index contributed by atoms with van der Waals surface area (Å²) in [5.41, 5.74) is 11.8. The van der Waals surface area contributed by atoms with Crippen LogP contribution in [0.3, 0.4) is 0 Å². The fraction of sp³-hybridized carbons (Fsp3) is 0.154. The molecule has 0 spiro atoms. The summed E-state index contributed by atoms with van der Waals surface area (Å²) in [7, 11) is 0. The standard InChI is InChI=1S/C21H20N5.C16H11N2S.C15H9N2O.2Ir/c1-14-25-18-10-17(15-11-23-20(24-12-15)21(2,3)4)22-13-19(18)26(14)16-8-6-5-7-9-16;1-10-5-12-6-15-14-7-13(17-2)4-3-11(14)8-18(15)9-16(12)19-10;1-10-6-12-8-14(17-9-15(12)18-10)11-4-3-5-13(7-11)16-2;;/h5-11,13H,1-4H3;3-7,9H,8H2,1H3;3,5-9H,1H3;;/q-1;+1;-1;;. The van der Waals surface area contributed by atoms with Gasteiger partial charge in [-0.25, -0.2) is 9.83 Å². The van der Waals surface area contributed by atoms with Crippen LogP contribution in [0.25, 0.3) is 81.2 Å². The molecule has 1 aliphatic rings. The molecule has 0 unspecified atom stereocenters. The Hall–Kier alpha value is -6.56. The molecule has 0 atom stereocenters. The Morgan fingerprint density at radius 2 is 1.54 bits per heavy atom. The number of para-hydroxylation sites is 1. The monoisotopic (exact) mass is 1220 g/mol. The average Bonchev–Trinajstić information content (AvgIpc) is 4.05. The van der Waals surface area contributed by atoms with Crippen molar-refractivity contribution in [3.8, 4) is 39.5 Å². The number of thiophene rings is 1. The number of imidazole rings is 1. The number of furan rings is 1. The third-order valence-electron chi connectivity index (χ3n) is 10.6. The minimum atomic E-state index is -0.0992. The zero-order valence-electron chi connectivity index (χ0n) is 36.3. The number of pyridine rings is 3. The van der Waals surface area contributed by atoms with E-state index in [4.69, 9.17) is 22.5 Å². The minimum absolute atomic E-state index is 0. The maximum absolute atomic E-state index is 7.14. The maximum Gasteiger partial charge on any atom is 0.212 e. The van der Waals surface area contributed by atoms with Crippen LogP contribution in [0, 0.1) is 46.2 Å². The predicted octanol–water partition coefficient (Wildman–Crippen LogP) is 12.5. The van der Waals surface area contributed by atoms with E-state index in [1.807, 2.05) is 79.9 Å². The summed E-state index contributed by atoms with van der Waals surface area (Å²) < 4.78 is 11.2. The van der Waals surface area contributed by atoms with Crippen LogP contribution in [0.5, 0.6) is 0 Å². The maximum atomic E-state index is 7.14. The van der Waals surface area contributed by atoms with Gasteiger partial charge in [-0.05, 0) is 74.1 Å². The Morgan fingerprint density at radius 1 is 0.785 bits per heavy atom. The van der Waals surface area contributed by atoms with Gasteiger partial charge in [0.05, 0.1) is 35.1 Å². The van der Waals surface area contributed by atoms with Gasteiger partial charge in [0.2, 0.25) is 5.69 Å². The number of aromatic nitrogens is 7. The van der Waals surface area contributed by atoms with Gasteiger partial charge in [0.1, 0.15) is 17.3 Å². The van der Waals surface area contributed by atoms with E-state index in [1.165, 1.54) is 31.8 Å². The van der Waals surface area contributed by atoms with Gasteiger partial charge in [0, 0.05) is 90.8 Å². The van der Waals surface area contributed by atoms with E-state index in [1.54, 1.807) is 30.6 Å². The topological polar surface area (TPSA) is 95.1 Å². The van der Waals surface area contributed by atoms with Crippen molar-refractivity contribution in [2.45, 2.75) is 53.5 Å². The molecule has 10 aromatic rings. The molecule has 0 saturated heterocycles. The Labute approximate surface area is 408 Å². The van der Waals surface area contributed by atoms with E-state index in [2.05, 4.69) is 115 Å². The number of nitrogens with zero attached hydrogens (tertiary/aromatic N) is 9. The molecule has 0 aliphatic carbocycles. The van der Waals surface area contributed by atoms with E-state index >= 15 is 0 Å². The van der Waals surface area contributed by atoms with Gasteiger partial charge in [-0.15, -0.1) is 35.1 Å². The first-order chi connectivity index (χ1) is 30.4. The molecule has 0 amide bonds. The predicted molar refractivity (Wildman–Crippen MR) is 249 cm³/mol. The van der Waals surface area contributed by atoms with Gasteiger partial charge in [0.25, 0.3) is 0 Å². The number of rotatable bonds is 3. The molecular formula is C52H40Ir2N9OS-. The molecule has 65 heavy (non-hydrogen) atoms. The Kier molecular flexibility index (Phi) is 13.8. The summed E-state index contributed by atoms with van der Waals surface area (Å²) in [5, 5.41) is 2.31. The second-order valence-corrected chi connectivity index (χ2v) is 17.6. The molecular weight excluding hydrogens is 1180 g/mol. The van der Waals surface area contributed by atoms with E-state index < -0.39 is 0 Å². The molecule has 7 aromatic heterocycles. The van der Waals surface area contributed by atoms with Crippen LogP contribution in [0.4, 0.5) is 11.4 Å². The Morgan fingerprint density at radius 3 is 2.28 bits per heavy atom. The van der Waals surface area contributed by atoms with Crippen molar-refractivity contribution >= 4 is 54.8 Å². The Balaban J connectivity index is 0.000000146. The van der Waals surface area contributed by atoms with Gasteiger partial charge < -0.3 is 24.4 Å². The zero-order chi connectivity index (χ0) is 43.8. The molecule has 10 nitrogen and oxygen atoms in total. The number of benzene rings is 3. The quantitative estimate of drug-likeness (QED) is 0.129. The van der Waals surface area contributed by atoms with Crippen molar-refractivity contribution in [1.29, 1.82) is 0 Å². The smallest absolute Gasteiger partial charge is 0.212 e. The molecule has 324 valence electrons. The van der Waals surface area contributed by atoms with Crippen molar-refractivity contribution in [3.63, 3.8) is 0 Å². The molecule has 2 radical (unpaired) electrons. The molecule has 11 rings (SSSR count). The fourth-order valence-electron chi connectivity index (χ4n) is 7.59. The zero-order valence-corrected chi connectivity index (χ0v) is 41.9. The summed E-state index contributed by atoms with van der Waals surface area (Å²) in [5.74, 6) is 2.56. The molecule has 0 bridgehead atoms. The SMILES string of the molecule is Cc1nc2cc(-c3[c-]nc(C(C)(C)C)nc3)ncc2n1-c1ccccc1.[C-]#[N+]c1cc[c-]c(-c2cc3cc(C)oc3cn2)c1.[C-]#[N+]c1ccc2c(c1)-c1cc3cc(C)sc3c[n+]1C2.[Ir].[Ir]. The van der Waals surface area contributed by atoms with E-state index in [-0.39, 0.29) is 45.6 Å². The number of hydrogen-bond donors (Lipinski definition) is 0. The molecule has 0 saturated carbocycles. The van der Waals surface area contributed by atoms with Gasteiger partial charge >= 0.3 is 0 Å². The number of hydrogen-bond acceptors (Lipinski definition) is 7.